The summed E-state index contributed by atoms with van der Waals surface area (Å²) in [5.41, 5.74) is 2.93. The maximum atomic E-state index is 11.6. The fraction of sp³-hybridized carbons (Fsp3) is 0.308. The van der Waals surface area contributed by atoms with Crippen LogP contribution in [0.1, 0.15) is 19.8 Å². The second-order valence-corrected chi connectivity index (χ2v) is 8.01. The molecule has 0 bridgehead atoms. The number of ether oxygens (including phenoxy) is 2. The molecule has 3 aromatic rings. The third kappa shape index (κ3) is 5.19. The first-order valence-electron chi connectivity index (χ1n) is 11.2. The summed E-state index contributed by atoms with van der Waals surface area (Å²) in [6.07, 6.45) is 4.48. The molecule has 2 aromatic carbocycles. The molecule has 1 fully saturated rings. The monoisotopic (exact) mass is 447 g/mol. The number of aromatic nitrogens is 1. The van der Waals surface area contributed by atoms with Gasteiger partial charge in [0.25, 0.3) is 0 Å². The van der Waals surface area contributed by atoms with Crippen LogP contribution >= 0.6 is 0 Å². The van der Waals surface area contributed by atoms with Crippen molar-refractivity contribution in [2.45, 2.75) is 25.8 Å². The quantitative estimate of drug-likeness (QED) is 0.490. The number of hydrogen-bond donors (Lipinski definition) is 1. The van der Waals surface area contributed by atoms with Crippen LogP contribution in [0.4, 0.5) is 10.5 Å². The standard InChI is InChI=1S/C26H29N3O4/c1-3-28(18-21-7-5-15-29(21)26(30)31)24-13-8-19(20-6-4-14-27-17-20)16-25(24)33-23-11-9-22(32-2)10-12-23/h4,6,8-14,16-17,21H,3,5,7,15,18H2,1-2H3,(H,30,31)/t21-/m0/s1. The molecule has 0 unspecified atom stereocenters. The molecule has 0 spiro atoms. The van der Waals surface area contributed by atoms with Gasteiger partial charge >= 0.3 is 6.09 Å². The van der Waals surface area contributed by atoms with Crippen LogP contribution in [0.2, 0.25) is 0 Å². The second-order valence-electron chi connectivity index (χ2n) is 8.01. The largest absolute Gasteiger partial charge is 0.497 e. The van der Waals surface area contributed by atoms with Gasteiger partial charge in [0.05, 0.1) is 18.8 Å². The minimum atomic E-state index is -0.852. The Morgan fingerprint density at radius 2 is 1.94 bits per heavy atom. The van der Waals surface area contributed by atoms with Crippen LogP contribution in [0.15, 0.2) is 67.0 Å². The van der Waals surface area contributed by atoms with Crippen LogP contribution < -0.4 is 14.4 Å². The molecule has 172 valence electrons. The number of pyridine rings is 1. The molecule has 7 heteroatoms. The maximum absolute atomic E-state index is 11.6. The van der Waals surface area contributed by atoms with E-state index in [1.807, 2.05) is 54.7 Å². The molecule has 1 saturated heterocycles. The SMILES string of the molecule is CCN(C[C@@H]1CCCN1C(=O)O)c1ccc(-c2cccnc2)cc1Oc1ccc(OC)cc1. The summed E-state index contributed by atoms with van der Waals surface area (Å²) >= 11 is 0. The predicted octanol–water partition coefficient (Wildman–Crippen LogP) is 5.52. The van der Waals surface area contributed by atoms with E-state index < -0.39 is 6.09 Å². The lowest BCUT2D eigenvalue weighted by Crippen LogP contribution is -2.42. The first kappa shape index (κ1) is 22.5. The molecule has 1 N–H and O–H groups in total. The molecule has 1 aliphatic heterocycles. The zero-order chi connectivity index (χ0) is 23.2. The first-order chi connectivity index (χ1) is 16.1. The van der Waals surface area contributed by atoms with Gasteiger partial charge in [0.2, 0.25) is 0 Å². The normalized spacial score (nSPS) is 15.3. The summed E-state index contributed by atoms with van der Waals surface area (Å²) in [7, 11) is 1.63. The Hall–Kier alpha value is -3.74. The molecule has 7 nitrogen and oxygen atoms in total. The summed E-state index contributed by atoms with van der Waals surface area (Å²) in [6.45, 7) is 4.02. The van der Waals surface area contributed by atoms with Gasteiger partial charge in [0, 0.05) is 37.6 Å². The number of methoxy groups -OCH3 is 1. The Kier molecular flexibility index (Phi) is 6.98. The van der Waals surface area contributed by atoms with Crippen molar-refractivity contribution in [3.05, 3.63) is 67.0 Å². The van der Waals surface area contributed by atoms with Crippen molar-refractivity contribution in [1.82, 2.24) is 9.88 Å². The van der Waals surface area contributed by atoms with Gasteiger partial charge in [-0.2, -0.15) is 0 Å². The highest BCUT2D eigenvalue weighted by molar-refractivity contribution is 5.72. The molecular formula is C26H29N3O4. The topological polar surface area (TPSA) is 75.1 Å². The predicted molar refractivity (Wildman–Crippen MR) is 128 cm³/mol. The Morgan fingerprint density at radius 1 is 1.15 bits per heavy atom. The van der Waals surface area contributed by atoms with Crippen molar-refractivity contribution in [3.63, 3.8) is 0 Å². The highest BCUT2D eigenvalue weighted by Gasteiger charge is 2.30. The van der Waals surface area contributed by atoms with Crippen molar-refractivity contribution in [2.75, 3.05) is 31.6 Å². The van der Waals surface area contributed by atoms with E-state index in [0.717, 1.165) is 42.0 Å². The molecule has 0 aliphatic carbocycles. The molecule has 0 saturated carbocycles. The molecule has 33 heavy (non-hydrogen) atoms. The molecule has 2 heterocycles. The number of nitrogens with zero attached hydrogens (tertiary/aromatic N) is 3. The van der Waals surface area contributed by atoms with E-state index in [1.165, 1.54) is 0 Å². The molecule has 1 aliphatic rings. The average Bonchev–Trinajstić information content (AvgIpc) is 3.32. The van der Waals surface area contributed by atoms with Gasteiger partial charge in [-0.3, -0.25) is 4.98 Å². The lowest BCUT2D eigenvalue weighted by Gasteiger charge is -2.31. The number of likely N-dealkylation sites (N-methyl/N-ethyl adjacent to an activating group) is 1. The van der Waals surface area contributed by atoms with E-state index >= 15 is 0 Å². The molecule has 1 aromatic heterocycles. The molecule has 1 amide bonds. The Morgan fingerprint density at radius 3 is 2.61 bits per heavy atom. The second kappa shape index (κ2) is 10.3. The van der Waals surface area contributed by atoms with E-state index in [2.05, 4.69) is 22.9 Å². The fourth-order valence-electron chi connectivity index (χ4n) is 4.27. The van der Waals surface area contributed by atoms with Crippen LogP contribution in [0.5, 0.6) is 17.2 Å². The highest BCUT2D eigenvalue weighted by Crippen LogP contribution is 2.37. The Labute approximate surface area is 194 Å². The van der Waals surface area contributed by atoms with Crippen LogP contribution in [-0.4, -0.2) is 53.9 Å². The van der Waals surface area contributed by atoms with Crippen molar-refractivity contribution in [2.24, 2.45) is 0 Å². The third-order valence-corrected chi connectivity index (χ3v) is 6.02. The van der Waals surface area contributed by atoms with E-state index in [4.69, 9.17) is 9.47 Å². The smallest absolute Gasteiger partial charge is 0.407 e. The van der Waals surface area contributed by atoms with Crippen LogP contribution in [0.25, 0.3) is 11.1 Å². The number of hydrogen-bond acceptors (Lipinski definition) is 5. The number of carboxylic acid groups (broad SMARTS) is 1. The number of carbonyl (C=O) groups is 1. The fourth-order valence-corrected chi connectivity index (χ4v) is 4.27. The van der Waals surface area contributed by atoms with Gasteiger partial charge < -0.3 is 24.4 Å². The molecular weight excluding hydrogens is 418 g/mol. The van der Waals surface area contributed by atoms with Crippen LogP contribution in [0.3, 0.4) is 0 Å². The number of likely N-dealkylation sites (tertiary alicyclic amines) is 1. The van der Waals surface area contributed by atoms with Gasteiger partial charge in [0.1, 0.15) is 11.5 Å². The van der Waals surface area contributed by atoms with Crippen molar-refractivity contribution >= 4 is 11.8 Å². The molecule has 1 atom stereocenters. The minimum absolute atomic E-state index is 0.0331. The van der Waals surface area contributed by atoms with Crippen LogP contribution in [0, 0.1) is 0 Å². The van der Waals surface area contributed by atoms with E-state index in [0.29, 0.717) is 24.6 Å². The summed E-state index contributed by atoms with van der Waals surface area (Å²) < 4.78 is 11.6. The molecule has 4 rings (SSSR count). The Bertz CT molecular complexity index is 1070. The van der Waals surface area contributed by atoms with E-state index in [1.54, 1.807) is 18.2 Å². The lowest BCUT2D eigenvalue weighted by molar-refractivity contribution is 0.141. The Balaban J connectivity index is 1.67. The van der Waals surface area contributed by atoms with Gasteiger partial charge in [-0.1, -0.05) is 12.1 Å². The third-order valence-electron chi connectivity index (χ3n) is 6.02. The summed E-state index contributed by atoms with van der Waals surface area (Å²) in [6, 6.07) is 17.5. The summed E-state index contributed by atoms with van der Waals surface area (Å²) in [5, 5.41) is 9.56. The first-order valence-corrected chi connectivity index (χ1v) is 11.2. The zero-order valence-electron chi connectivity index (χ0n) is 19.0. The summed E-state index contributed by atoms with van der Waals surface area (Å²) in [4.78, 5) is 19.6. The molecule has 0 radical (unpaired) electrons. The summed E-state index contributed by atoms with van der Waals surface area (Å²) in [5.74, 6) is 2.17. The van der Waals surface area contributed by atoms with Crippen molar-refractivity contribution in [1.29, 1.82) is 0 Å². The lowest BCUT2D eigenvalue weighted by atomic mass is 10.1. The minimum Gasteiger partial charge on any atom is -0.497 e. The zero-order valence-corrected chi connectivity index (χ0v) is 19.0. The van der Waals surface area contributed by atoms with Gasteiger partial charge in [-0.05, 0) is 67.8 Å². The van der Waals surface area contributed by atoms with Crippen molar-refractivity contribution < 1.29 is 19.4 Å². The average molecular weight is 448 g/mol. The number of benzene rings is 2. The highest BCUT2D eigenvalue weighted by atomic mass is 16.5. The van der Waals surface area contributed by atoms with E-state index in [9.17, 15) is 9.90 Å². The number of anilines is 1. The number of rotatable bonds is 8. The van der Waals surface area contributed by atoms with Gasteiger partial charge in [0.15, 0.2) is 5.75 Å². The maximum Gasteiger partial charge on any atom is 0.407 e. The van der Waals surface area contributed by atoms with Crippen LogP contribution in [-0.2, 0) is 0 Å². The number of amides is 1. The van der Waals surface area contributed by atoms with Gasteiger partial charge in [-0.15, -0.1) is 0 Å². The van der Waals surface area contributed by atoms with Gasteiger partial charge in [-0.25, -0.2) is 4.79 Å². The van der Waals surface area contributed by atoms with Crippen molar-refractivity contribution in [3.8, 4) is 28.4 Å². The van der Waals surface area contributed by atoms with E-state index in [-0.39, 0.29) is 6.04 Å².